The summed E-state index contributed by atoms with van der Waals surface area (Å²) in [6.45, 7) is 8.88. The molecule has 1 fully saturated rings. The molecule has 0 aromatic heterocycles. The van der Waals surface area contributed by atoms with Gasteiger partial charge in [-0.3, -0.25) is 4.79 Å². The second kappa shape index (κ2) is 4.42. The number of hydrogen-bond donors (Lipinski definition) is 0. The maximum absolute atomic E-state index is 11.4. The van der Waals surface area contributed by atoms with Gasteiger partial charge < -0.3 is 9.64 Å². The van der Waals surface area contributed by atoms with Gasteiger partial charge in [0.25, 0.3) is 0 Å². The Balaban J connectivity index is 2.64. The van der Waals surface area contributed by atoms with Crippen LogP contribution < -0.4 is 0 Å². The van der Waals surface area contributed by atoms with Crippen LogP contribution in [0.1, 0.15) is 20.3 Å². The molecule has 1 aliphatic heterocycles. The molecule has 2 atom stereocenters. The van der Waals surface area contributed by atoms with E-state index in [1.54, 1.807) is 0 Å². The lowest BCUT2D eigenvalue weighted by molar-refractivity contribution is -0.139. The summed E-state index contributed by atoms with van der Waals surface area (Å²) >= 11 is 0. The standard InChI is InChI=1S/C10H17NO2/c1-4-9-7-13-8(3)6-11(9)10(12)5-2/h5,8-9H,2,4,6-7H2,1,3H3. The van der Waals surface area contributed by atoms with Crippen molar-refractivity contribution >= 4 is 5.91 Å². The van der Waals surface area contributed by atoms with E-state index in [-0.39, 0.29) is 18.1 Å². The van der Waals surface area contributed by atoms with Crippen LogP contribution in [0.25, 0.3) is 0 Å². The third kappa shape index (κ3) is 2.31. The van der Waals surface area contributed by atoms with Crippen LogP contribution in [0.5, 0.6) is 0 Å². The minimum atomic E-state index is 0.0157. The number of morpholine rings is 1. The lowest BCUT2D eigenvalue weighted by Gasteiger charge is -2.37. The van der Waals surface area contributed by atoms with Gasteiger partial charge in [-0.2, -0.15) is 0 Å². The van der Waals surface area contributed by atoms with Crippen LogP contribution in [0.15, 0.2) is 12.7 Å². The van der Waals surface area contributed by atoms with Crippen molar-refractivity contribution < 1.29 is 9.53 Å². The van der Waals surface area contributed by atoms with Crippen molar-refractivity contribution in [1.29, 1.82) is 0 Å². The molecule has 3 nitrogen and oxygen atoms in total. The van der Waals surface area contributed by atoms with Crippen molar-refractivity contribution in [3.63, 3.8) is 0 Å². The molecule has 0 bridgehead atoms. The zero-order valence-electron chi connectivity index (χ0n) is 8.32. The predicted octanol–water partition coefficient (Wildman–Crippen LogP) is 1.20. The van der Waals surface area contributed by atoms with E-state index in [4.69, 9.17) is 4.74 Å². The van der Waals surface area contributed by atoms with Crippen LogP contribution in [0.2, 0.25) is 0 Å². The molecule has 3 heteroatoms. The molecule has 0 spiro atoms. The third-order valence-corrected chi connectivity index (χ3v) is 2.40. The summed E-state index contributed by atoms with van der Waals surface area (Å²) in [4.78, 5) is 13.3. The van der Waals surface area contributed by atoms with Crippen molar-refractivity contribution in [2.24, 2.45) is 0 Å². The Morgan fingerprint density at radius 3 is 3.00 bits per heavy atom. The van der Waals surface area contributed by atoms with E-state index in [2.05, 4.69) is 13.5 Å². The topological polar surface area (TPSA) is 29.5 Å². The molecule has 0 aromatic carbocycles. The molecule has 1 amide bonds. The predicted molar refractivity (Wildman–Crippen MR) is 51.4 cm³/mol. The maximum atomic E-state index is 11.4. The Morgan fingerprint density at radius 1 is 1.77 bits per heavy atom. The fourth-order valence-corrected chi connectivity index (χ4v) is 1.57. The van der Waals surface area contributed by atoms with Crippen LogP contribution in [0.3, 0.4) is 0 Å². The van der Waals surface area contributed by atoms with Gasteiger partial charge in [0.2, 0.25) is 5.91 Å². The van der Waals surface area contributed by atoms with Crippen molar-refractivity contribution in [2.45, 2.75) is 32.4 Å². The first-order chi connectivity index (χ1) is 6.19. The summed E-state index contributed by atoms with van der Waals surface area (Å²) in [6.07, 6.45) is 2.46. The quantitative estimate of drug-likeness (QED) is 0.602. The zero-order valence-corrected chi connectivity index (χ0v) is 8.32. The lowest BCUT2D eigenvalue weighted by Crippen LogP contribution is -2.50. The van der Waals surface area contributed by atoms with Gasteiger partial charge in [0.05, 0.1) is 18.8 Å². The van der Waals surface area contributed by atoms with Crippen molar-refractivity contribution in [3.8, 4) is 0 Å². The van der Waals surface area contributed by atoms with E-state index in [1.165, 1.54) is 6.08 Å². The van der Waals surface area contributed by atoms with Crippen molar-refractivity contribution in [1.82, 2.24) is 4.90 Å². The molecule has 0 radical (unpaired) electrons. The summed E-state index contributed by atoms with van der Waals surface area (Å²) in [7, 11) is 0. The molecule has 2 unspecified atom stereocenters. The Morgan fingerprint density at radius 2 is 2.46 bits per heavy atom. The lowest BCUT2D eigenvalue weighted by atomic mass is 10.1. The number of nitrogens with zero attached hydrogens (tertiary/aromatic N) is 1. The van der Waals surface area contributed by atoms with Gasteiger partial charge >= 0.3 is 0 Å². The van der Waals surface area contributed by atoms with E-state index in [0.717, 1.165) is 6.42 Å². The highest BCUT2D eigenvalue weighted by Crippen LogP contribution is 2.14. The number of hydrogen-bond acceptors (Lipinski definition) is 2. The van der Waals surface area contributed by atoms with Crippen LogP contribution in [0.4, 0.5) is 0 Å². The zero-order chi connectivity index (χ0) is 9.84. The molecule has 1 heterocycles. The number of amides is 1. The summed E-state index contributed by atoms with van der Waals surface area (Å²) < 4.78 is 5.48. The fourth-order valence-electron chi connectivity index (χ4n) is 1.57. The smallest absolute Gasteiger partial charge is 0.246 e. The normalized spacial score (nSPS) is 28.6. The SMILES string of the molecule is C=CC(=O)N1CC(C)OCC1CC. The molecule has 1 aliphatic rings. The fraction of sp³-hybridized carbons (Fsp3) is 0.700. The number of rotatable bonds is 2. The third-order valence-electron chi connectivity index (χ3n) is 2.40. The maximum Gasteiger partial charge on any atom is 0.246 e. The molecule has 0 saturated carbocycles. The van der Waals surface area contributed by atoms with Gasteiger partial charge in [0.15, 0.2) is 0 Å². The van der Waals surface area contributed by atoms with Crippen LogP contribution >= 0.6 is 0 Å². The van der Waals surface area contributed by atoms with Crippen LogP contribution in [-0.4, -0.2) is 36.1 Å². The van der Waals surface area contributed by atoms with Gasteiger partial charge in [-0.1, -0.05) is 13.5 Å². The van der Waals surface area contributed by atoms with E-state index in [1.807, 2.05) is 11.8 Å². The van der Waals surface area contributed by atoms with Gasteiger partial charge in [-0.15, -0.1) is 0 Å². The summed E-state index contributed by atoms with van der Waals surface area (Å²) in [6, 6.07) is 0.224. The van der Waals surface area contributed by atoms with E-state index < -0.39 is 0 Å². The Hall–Kier alpha value is -0.830. The number of ether oxygens (including phenoxy) is 1. The van der Waals surface area contributed by atoms with Crippen LogP contribution in [-0.2, 0) is 9.53 Å². The Kier molecular flexibility index (Phi) is 3.48. The monoisotopic (exact) mass is 183 g/mol. The average molecular weight is 183 g/mol. The largest absolute Gasteiger partial charge is 0.375 e. The molecule has 0 aliphatic carbocycles. The molecule has 0 N–H and O–H groups in total. The minimum Gasteiger partial charge on any atom is -0.375 e. The van der Waals surface area contributed by atoms with Gasteiger partial charge in [0.1, 0.15) is 0 Å². The molecular weight excluding hydrogens is 166 g/mol. The number of carbonyl (C=O) groups is 1. The van der Waals surface area contributed by atoms with Crippen LogP contribution in [0, 0.1) is 0 Å². The first-order valence-corrected chi connectivity index (χ1v) is 4.73. The molecule has 74 valence electrons. The van der Waals surface area contributed by atoms with Crippen molar-refractivity contribution in [2.75, 3.05) is 13.2 Å². The molecule has 0 aromatic rings. The van der Waals surface area contributed by atoms with Gasteiger partial charge in [0, 0.05) is 6.54 Å². The second-order valence-electron chi connectivity index (χ2n) is 3.40. The molecule has 1 rings (SSSR count). The van der Waals surface area contributed by atoms with Gasteiger partial charge in [-0.25, -0.2) is 0 Å². The summed E-state index contributed by atoms with van der Waals surface area (Å²) in [5, 5.41) is 0. The molecular formula is C10H17NO2. The molecule has 13 heavy (non-hydrogen) atoms. The average Bonchev–Trinajstić information content (AvgIpc) is 2.16. The summed E-state index contributed by atoms with van der Waals surface area (Å²) in [5.41, 5.74) is 0. The Labute approximate surface area is 79.4 Å². The highest BCUT2D eigenvalue weighted by atomic mass is 16.5. The highest BCUT2D eigenvalue weighted by molar-refractivity contribution is 5.87. The minimum absolute atomic E-state index is 0.0157. The summed E-state index contributed by atoms with van der Waals surface area (Å²) in [5.74, 6) is 0.0157. The number of carbonyl (C=O) groups excluding carboxylic acids is 1. The first-order valence-electron chi connectivity index (χ1n) is 4.73. The van der Waals surface area contributed by atoms with E-state index >= 15 is 0 Å². The highest BCUT2D eigenvalue weighted by Gasteiger charge is 2.27. The van der Waals surface area contributed by atoms with Crippen molar-refractivity contribution in [3.05, 3.63) is 12.7 Å². The van der Waals surface area contributed by atoms with E-state index in [9.17, 15) is 4.79 Å². The Bertz CT molecular complexity index is 203. The molecule has 1 saturated heterocycles. The van der Waals surface area contributed by atoms with Gasteiger partial charge in [-0.05, 0) is 19.4 Å². The van der Waals surface area contributed by atoms with E-state index in [0.29, 0.717) is 13.2 Å². The second-order valence-corrected chi connectivity index (χ2v) is 3.40. The first kappa shape index (κ1) is 10.3.